The minimum Gasteiger partial charge on any atom is -0.387 e. The molecule has 0 aliphatic heterocycles. The Morgan fingerprint density at radius 3 is 2.59 bits per heavy atom. The Balaban J connectivity index is 2.22. The van der Waals surface area contributed by atoms with E-state index in [-0.39, 0.29) is 0 Å². The van der Waals surface area contributed by atoms with Crippen LogP contribution in [0.15, 0.2) is 41.1 Å². The van der Waals surface area contributed by atoms with Gasteiger partial charge in [-0.15, -0.1) is 0 Å². The maximum absolute atomic E-state index is 5.93. The number of hydrogen-bond donors (Lipinski definition) is 2. The second-order valence-electron chi connectivity index (χ2n) is 3.47. The summed E-state index contributed by atoms with van der Waals surface area (Å²) in [5.74, 6) is 0. The number of anilines is 3. The molecule has 0 aliphatic carbocycles. The van der Waals surface area contributed by atoms with Crippen LogP contribution in [-0.2, 0) is 0 Å². The monoisotopic (exact) mass is 311 g/mol. The third kappa shape index (κ3) is 3.11. The van der Waals surface area contributed by atoms with Crippen molar-refractivity contribution in [1.82, 2.24) is 4.98 Å². The van der Waals surface area contributed by atoms with Crippen molar-refractivity contribution in [3.05, 3.63) is 46.2 Å². The molecule has 0 atom stereocenters. The summed E-state index contributed by atoms with van der Waals surface area (Å²) in [5.41, 5.74) is 2.84. The Morgan fingerprint density at radius 2 is 1.88 bits per heavy atom. The van der Waals surface area contributed by atoms with Crippen LogP contribution in [-0.4, -0.2) is 12.0 Å². The molecule has 1 aromatic heterocycles. The molecule has 1 heterocycles. The molecule has 0 spiro atoms. The largest absolute Gasteiger partial charge is 0.387 e. The van der Waals surface area contributed by atoms with E-state index in [4.69, 9.17) is 11.6 Å². The van der Waals surface area contributed by atoms with Crippen molar-refractivity contribution in [2.24, 2.45) is 0 Å². The molecule has 0 saturated heterocycles. The van der Waals surface area contributed by atoms with Crippen LogP contribution in [0.1, 0.15) is 0 Å². The number of benzene rings is 1. The van der Waals surface area contributed by atoms with Gasteiger partial charge in [0.2, 0.25) is 0 Å². The summed E-state index contributed by atoms with van der Waals surface area (Å²) in [4.78, 5) is 4.13. The fourth-order valence-corrected chi connectivity index (χ4v) is 1.88. The fourth-order valence-electron chi connectivity index (χ4n) is 1.39. The summed E-state index contributed by atoms with van der Waals surface area (Å²) in [6, 6.07) is 7.66. The predicted octanol–water partition coefficient (Wildman–Crippen LogP) is 4.28. The van der Waals surface area contributed by atoms with Crippen LogP contribution in [0.2, 0.25) is 5.02 Å². The Bertz CT molecular complexity index is 531. The van der Waals surface area contributed by atoms with Gasteiger partial charge in [-0.05, 0) is 40.2 Å². The molecule has 0 saturated carbocycles. The predicted molar refractivity (Wildman–Crippen MR) is 76.2 cm³/mol. The quantitative estimate of drug-likeness (QED) is 0.888. The van der Waals surface area contributed by atoms with Crippen molar-refractivity contribution in [3.8, 4) is 0 Å². The van der Waals surface area contributed by atoms with E-state index in [0.29, 0.717) is 5.02 Å². The van der Waals surface area contributed by atoms with Gasteiger partial charge in [0, 0.05) is 17.2 Å². The van der Waals surface area contributed by atoms with Crippen molar-refractivity contribution < 1.29 is 0 Å². The molecule has 0 aliphatic rings. The molecule has 3 nitrogen and oxygen atoms in total. The van der Waals surface area contributed by atoms with E-state index >= 15 is 0 Å². The van der Waals surface area contributed by atoms with Gasteiger partial charge in [-0.1, -0.05) is 11.6 Å². The van der Waals surface area contributed by atoms with Crippen molar-refractivity contribution in [1.29, 1.82) is 0 Å². The van der Waals surface area contributed by atoms with E-state index in [1.54, 1.807) is 12.4 Å². The zero-order chi connectivity index (χ0) is 12.3. The molecule has 17 heavy (non-hydrogen) atoms. The Hall–Kier alpha value is -1.26. The molecule has 5 heteroatoms. The van der Waals surface area contributed by atoms with Crippen molar-refractivity contribution >= 4 is 44.6 Å². The molecule has 1 aromatic carbocycles. The molecule has 0 radical (unpaired) electrons. The summed E-state index contributed by atoms with van der Waals surface area (Å²) in [7, 11) is 1.86. The maximum atomic E-state index is 5.93. The van der Waals surface area contributed by atoms with Crippen LogP contribution in [0.4, 0.5) is 17.1 Å². The van der Waals surface area contributed by atoms with E-state index in [2.05, 4.69) is 31.5 Å². The highest BCUT2D eigenvalue weighted by Gasteiger charge is 2.00. The smallest absolute Gasteiger partial charge is 0.0591 e. The van der Waals surface area contributed by atoms with Crippen LogP contribution in [0.5, 0.6) is 0 Å². The lowest BCUT2D eigenvalue weighted by Gasteiger charge is -2.08. The third-order valence-electron chi connectivity index (χ3n) is 2.24. The van der Waals surface area contributed by atoms with Gasteiger partial charge in [-0.3, -0.25) is 4.98 Å². The van der Waals surface area contributed by atoms with E-state index in [0.717, 1.165) is 21.5 Å². The third-order valence-corrected chi connectivity index (χ3v) is 3.45. The van der Waals surface area contributed by atoms with Crippen molar-refractivity contribution in [2.45, 2.75) is 0 Å². The van der Waals surface area contributed by atoms with Gasteiger partial charge in [0.05, 0.1) is 28.8 Å². The lowest BCUT2D eigenvalue weighted by atomic mass is 10.3. The van der Waals surface area contributed by atoms with Gasteiger partial charge in [0.15, 0.2) is 0 Å². The Labute approximate surface area is 113 Å². The molecule has 2 rings (SSSR count). The number of halogens is 2. The first-order valence-corrected chi connectivity index (χ1v) is 6.21. The minimum atomic E-state index is 0.692. The van der Waals surface area contributed by atoms with Gasteiger partial charge in [-0.2, -0.15) is 0 Å². The summed E-state index contributed by atoms with van der Waals surface area (Å²) >= 11 is 9.32. The summed E-state index contributed by atoms with van der Waals surface area (Å²) in [6.07, 6.45) is 3.53. The van der Waals surface area contributed by atoms with E-state index in [1.165, 1.54) is 0 Å². The van der Waals surface area contributed by atoms with Crippen molar-refractivity contribution in [2.75, 3.05) is 17.7 Å². The zero-order valence-corrected chi connectivity index (χ0v) is 11.5. The average Bonchev–Trinajstić information content (AvgIpc) is 2.34. The highest BCUT2D eigenvalue weighted by atomic mass is 79.9. The average molecular weight is 313 g/mol. The Morgan fingerprint density at radius 1 is 1.12 bits per heavy atom. The minimum absolute atomic E-state index is 0.692. The summed E-state index contributed by atoms with van der Waals surface area (Å²) in [6.45, 7) is 0. The second kappa shape index (κ2) is 5.38. The molecule has 0 bridgehead atoms. The van der Waals surface area contributed by atoms with Gasteiger partial charge in [0.25, 0.3) is 0 Å². The van der Waals surface area contributed by atoms with E-state index in [9.17, 15) is 0 Å². The first-order chi connectivity index (χ1) is 8.19. The summed E-state index contributed by atoms with van der Waals surface area (Å²) in [5, 5.41) is 6.99. The maximum Gasteiger partial charge on any atom is 0.0591 e. The van der Waals surface area contributed by atoms with E-state index in [1.807, 2.05) is 31.3 Å². The molecular formula is C12H11BrClN3. The lowest BCUT2D eigenvalue weighted by molar-refractivity contribution is 1.30. The molecule has 2 aromatic rings. The highest BCUT2D eigenvalue weighted by molar-refractivity contribution is 9.10. The number of nitrogens with zero attached hydrogens (tertiary/aromatic N) is 1. The Kier molecular flexibility index (Phi) is 3.86. The molecule has 0 amide bonds. The number of rotatable bonds is 3. The number of pyridine rings is 1. The second-order valence-corrected chi connectivity index (χ2v) is 4.73. The van der Waals surface area contributed by atoms with Crippen LogP contribution < -0.4 is 10.6 Å². The number of hydrogen-bond acceptors (Lipinski definition) is 3. The molecule has 0 fully saturated rings. The van der Waals surface area contributed by atoms with Gasteiger partial charge in [-0.25, -0.2) is 0 Å². The zero-order valence-electron chi connectivity index (χ0n) is 9.17. The van der Waals surface area contributed by atoms with Gasteiger partial charge >= 0.3 is 0 Å². The van der Waals surface area contributed by atoms with Crippen LogP contribution >= 0.6 is 27.5 Å². The van der Waals surface area contributed by atoms with Gasteiger partial charge in [0.1, 0.15) is 0 Å². The first kappa shape index (κ1) is 12.2. The van der Waals surface area contributed by atoms with E-state index < -0.39 is 0 Å². The van der Waals surface area contributed by atoms with Crippen LogP contribution in [0.25, 0.3) is 0 Å². The summed E-state index contributed by atoms with van der Waals surface area (Å²) < 4.78 is 0.863. The van der Waals surface area contributed by atoms with Crippen molar-refractivity contribution in [3.63, 3.8) is 0 Å². The van der Waals surface area contributed by atoms with Crippen LogP contribution in [0, 0.1) is 0 Å². The van der Waals surface area contributed by atoms with Gasteiger partial charge < -0.3 is 10.6 Å². The standard InChI is InChI=1S/C12H11BrClN3/c1-15-9-4-10(7-16-6-9)17-8-2-3-12(14)11(13)5-8/h2-7,15,17H,1H3. The SMILES string of the molecule is CNc1cncc(Nc2ccc(Cl)c(Br)c2)c1. The highest BCUT2D eigenvalue weighted by Crippen LogP contribution is 2.27. The topological polar surface area (TPSA) is 37.0 Å². The lowest BCUT2D eigenvalue weighted by Crippen LogP contribution is -1.94. The normalized spacial score (nSPS) is 10.1. The number of nitrogens with one attached hydrogen (secondary N) is 2. The van der Waals surface area contributed by atoms with Crippen LogP contribution in [0.3, 0.4) is 0 Å². The molecule has 2 N–H and O–H groups in total. The number of aromatic nitrogens is 1. The molecule has 88 valence electrons. The molecular weight excluding hydrogens is 302 g/mol. The fraction of sp³-hybridized carbons (Fsp3) is 0.0833. The first-order valence-electron chi connectivity index (χ1n) is 5.04. The molecule has 0 unspecified atom stereocenters.